The van der Waals surface area contributed by atoms with Crippen LogP contribution < -0.4 is 10.6 Å². The van der Waals surface area contributed by atoms with Crippen LogP contribution >= 0.6 is 0 Å². The lowest BCUT2D eigenvalue weighted by Gasteiger charge is -2.33. The molecule has 2 heterocycles. The van der Waals surface area contributed by atoms with Crippen LogP contribution in [0.25, 0.3) is 0 Å². The van der Waals surface area contributed by atoms with Crippen molar-refractivity contribution in [3.05, 3.63) is 0 Å². The first kappa shape index (κ1) is 10.5. The van der Waals surface area contributed by atoms with Gasteiger partial charge in [0.05, 0.1) is 6.54 Å². The van der Waals surface area contributed by atoms with Gasteiger partial charge in [0.2, 0.25) is 5.91 Å². The highest BCUT2D eigenvalue weighted by Crippen LogP contribution is 2.26. The molecule has 4 heteroatoms. The Hall–Kier alpha value is -0.610. The third-order valence-electron chi connectivity index (χ3n) is 4.10. The molecule has 0 aromatic heterocycles. The molecular formula is C12H21N3O. The number of amides is 1. The standard InChI is InChI=1S/C12H21N3O/c16-12(14-11-1-2-11)8-15-4-3-9-5-13-6-10(9)7-15/h9-11,13H,1-8H2,(H,14,16). The third-order valence-corrected chi connectivity index (χ3v) is 4.10. The summed E-state index contributed by atoms with van der Waals surface area (Å²) in [6, 6.07) is 0.498. The highest BCUT2D eigenvalue weighted by Gasteiger charge is 2.33. The van der Waals surface area contributed by atoms with Gasteiger partial charge in [0.15, 0.2) is 0 Å². The number of fused-ring (bicyclic) bond motifs is 1. The summed E-state index contributed by atoms with van der Waals surface area (Å²) in [6.45, 7) is 5.15. The van der Waals surface area contributed by atoms with Crippen LogP contribution in [0.2, 0.25) is 0 Å². The molecule has 2 saturated heterocycles. The van der Waals surface area contributed by atoms with E-state index in [9.17, 15) is 4.79 Å². The predicted octanol–water partition coefficient (Wildman–Crippen LogP) is -0.194. The summed E-state index contributed by atoms with van der Waals surface area (Å²) in [6.07, 6.45) is 3.62. The fourth-order valence-corrected chi connectivity index (χ4v) is 2.96. The van der Waals surface area contributed by atoms with Gasteiger partial charge in [-0.05, 0) is 50.7 Å². The van der Waals surface area contributed by atoms with Crippen molar-refractivity contribution in [2.75, 3.05) is 32.7 Å². The average Bonchev–Trinajstić information content (AvgIpc) is 2.95. The van der Waals surface area contributed by atoms with Crippen molar-refractivity contribution in [3.63, 3.8) is 0 Å². The van der Waals surface area contributed by atoms with Crippen molar-refractivity contribution < 1.29 is 4.79 Å². The number of carbonyl (C=O) groups excluding carboxylic acids is 1. The Morgan fingerprint density at radius 3 is 2.88 bits per heavy atom. The third kappa shape index (κ3) is 2.38. The summed E-state index contributed by atoms with van der Waals surface area (Å²) in [4.78, 5) is 14.0. The molecule has 3 aliphatic rings. The van der Waals surface area contributed by atoms with Crippen LogP contribution in [0.15, 0.2) is 0 Å². The normalized spacial score (nSPS) is 34.8. The molecule has 0 radical (unpaired) electrons. The van der Waals surface area contributed by atoms with Crippen LogP contribution in [0, 0.1) is 11.8 Å². The molecule has 90 valence electrons. The second-order valence-electron chi connectivity index (χ2n) is 5.54. The number of hydrogen-bond acceptors (Lipinski definition) is 3. The molecule has 0 aromatic carbocycles. The molecule has 4 nitrogen and oxygen atoms in total. The first-order valence-electron chi connectivity index (χ1n) is 6.53. The van der Waals surface area contributed by atoms with Crippen LogP contribution in [0.4, 0.5) is 0 Å². The van der Waals surface area contributed by atoms with Gasteiger partial charge < -0.3 is 10.6 Å². The molecule has 1 aliphatic carbocycles. The number of hydrogen-bond donors (Lipinski definition) is 2. The number of likely N-dealkylation sites (tertiary alicyclic amines) is 1. The second kappa shape index (κ2) is 4.34. The van der Waals surface area contributed by atoms with Crippen molar-refractivity contribution in [3.8, 4) is 0 Å². The van der Waals surface area contributed by atoms with Gasteiger partial charge in [-0.1, -0.05) is 0 Å². The molecule has 16 heavy (non-hydrogen) atoms. The molecule has 0 bridgehead atoms. The largest absolute Gasteiger partial charge is 0.352 e. The maximum Gasteiger partial charge on any atom is 0.234 e. The topological polar surface area (TPSA) is 44.4 Å². The van der Waals surface area contributed by atoms with Crippen LogP contribution in [-0.2, 0) is 4.79 Å². The fourth-order valence-electron chi connectivity index (χ4n) is 2.96. The summed E-state index contributed by atoms with van der Waals surface area (Å²) in [5, 5.41) is 6.52. The van der Waals surface area contributed by atoms with Crippen LogP contribution in [0.1, 0.15) is 19.3 Å². The molecule has 3 rings (SSSR count). The lowest BCUT2D eigenvalue weighted by Crippen LogP contribution is -2.45. The summed E-state index contributed by atoms with van der Waals surface area (Å²) >= 11 is 0. The molecule has 2 atom stereocenters. The molecule has 2 unspecified atom stereocenters. The molecule has 1 saturated carbocycles. The Morgan fingerprint density at radius 1 is 1.25 bits per heavy atom. The first-order chi connectivity index (χ1) is 7.81. The molecular weight excluding hydrogens is 202 g/mol. The van der Waals surface area contributed by atoms with Crippen LogP contribution in [0.3, 0.4) is 0 Å². The Balaban J connectivity index is 1.46. The van der Waals surface area contributed by atoms with Gasteiger partial charge >= 0.3 is 0 Å². The van der Waals surface area contributed by atoms with E-state index >= 15 is 0 Å². The molecule has 0 aromatic rings. The van der Waals surface area contributed by atoms with E-state index < -0.39 is 0 Å². The lowest BCUT2D eigenvalue weighted by atomic mass is 9.89. The van der Waals surface area contributed by atoms with Crippen molar-refractivity contribution in [1.29, 1.82) is 0 Å². The van der Waals surface area contributed by atoms with Gasteiger partial charge in [-0.15, -0.1) is 0 Å². The van der Waals surface area contributed by atoms with Crippen LogP contribution in [-0.4, -0.2) is 49.6 Å². The van der Waals surface area contributed by atoms with E-state index in [2.05, 4.69) is 15.5 Å². The highest BCUT2D eigenvalue weighted by molar-refractivity contribution is 5.78. The van der Waals surface area contributed by atoms with Crippen LogP contribution in [0.5, 0.6) is 0 Å². The van der Waals surface area contributed by atoms with E-state index in [0.29, 0.717) is 12.6 Å². The molecule has 1 amide bonds. The molecule has 2 N–H and O–H groups in total. The minimum atomic E-state index is 0.229. The summed E-state index contributed by atoms with van der Waals surface area (Å²) in [7, 11) is 0. The molecule has 2 aliphatic heterocycles. The van der Waals surface area contributed by atoms with Gasteiger partial charge in [-0.2, -0.15) is 0 Å². The van der Waals surface area contributed by atoms with Crippen molar-refractivity contribution in [2.45, 2.75) is 25.3 Å². The van der Waals surface area contributed by atoms with Crippen molar-refractivity contribution >= 4 is 5.91 Å². The monoisotopic (exact) mass is 223 g/mol. The zero-order valence-electron chi connectivity index (χ0n) is 9.74. The van der Waals surface area contributed by atoms with E-state index in [-0.39, 0.29) is 5.91 Å². The second-order valence-corrected chi connectivity index (χ2v) is 5.54. The Labute approximate surface area is 96.8 Å². The van der Waals surface area contributed by atoms with Crippen molar-refractivity contribution in [2.24, 2.45) is 11.8 Å². The predicted molar refractivity (Wildman–Crippen MR) is 62.1 cm³/mol. The van der Waals surface area contributed by atoms with Crippen molar-refractivity contribution in [1.82, 2.24) is 15.5 Å². The van der Waals surface area contributed by atoms with E-state index in [4.69, 9.17) is 0 Å². The summed E-state index contributed by atoms with van der Waals surface area (Å²) in [5.41, 5.74) is 0. The molecule has 0 spiro atoms. The van der Waals surface area contributed by atoms with E-state index in [1.807, 2.05) is 0 Å². The maximum atomic E-state index is 11.7. The van der Waals surface area contributed by atoms with E-state index in [0.717, 1.165) is 31.5 Å². The smallest absolute Gasteiger partial charge is 0.234 e. The van der Waals surface area contributed by atoms with E-state index in [1.54, 1.807) is 0 Å². The number of nitrogens with one attached hydrogen (secondary N) is 2. The summed E-state index contributed by atoms with van der Waals surface area (Å²) < 4.78 is 0. The number of carbonyl (C=O) groups is 1. The maximum absolute atomic E-state index is 11.7. The number of rotatable bonds is 3. The number of piperidine rings is 1. The number of nitrogens with zero attached hydrogens (tertiary/aromatic N) is 1. The van der Waals surface area contributed by atoms with Gasteiger partial charge in [0.25, 0.3) is 0 Å². The SMILES string of the molecule is O=C(CN1CCC2CNCC2C1)NC1CC1. The summed E-state index contributed by atoms with van der Waals surface area (Å²) in [5.74, 6) is 1.87. The Bertz CT molecular complexity index is 277. The van der Waals surface area contributed by atoms with Gasteiger partial charge in [-0.25, -0.2) is 0 Å². The minimum absolute atomic E-state index is 0.229. The van der Waals surface area contributed by atoms with E-state index in [1.165, 1.54) is 25.8 Å². The van der Waals surface area contributed by atoms with Gasteiger partial charge in [-0.3, -0.25) is 9.69 Å². The Morgan fingerprint density at radius 2 is 2.06 bits per heavy atom. The zero-order valence-corrected chi connectivity index (χ0v) is 9.74. The van der Waals surface area contributed by atoms with Gasteiger partial charge in [0.1, 0.15) is 0 Å². The Kier molecular flexibility index (Phi) is 2.86. The van der Waals surface area contributed by atoms with Gasteiger partial charge in [0, 0.05) is 12.6 Å². The minimum Gasteiger partial charge on any atom is -0.352 e. The zero-order chi connectivity index (χ0) is 11.0. The average molecular weight is 223 g/mol. The highest BCUT2D eigenvalue weighted by atomic mass is 16.2. The fraction of sp³-hybridized carbons (Fsp3) is 0.917. The quantitative estimate of drug-likeness (QED) is 0.697. The molecule has 3 fully saturated rings. The lowest BCUT2D eigenvalue weighted by molar-refractivity contribution is -0.122. The first-order valence-corrected chi connectivity index (χ1v) is 6.53.